The van der Waals surface area contributed by atoms with Crippen LogP contribution in [-0.4, -0.2) is 11.7 Å². The maximum Gasteiger partial charge on any atom is 0.255 e. The number of fused-ring (bicyclic) bond motifs is 1. The van der Waals surface area contributed by atoms with Gasteiger partial charge in [-0.1, -0.05) is 17.7 Å². The summed E-state index contributed by atoms with van der Waals surface area (Å²) >= 11 is 0. The summed E-state index contributed by atoms with van der Waals surface area (Å²) in [6.07, 6.45) is 3.10. The molecule has 0 bridgehead atoms. The highest BCUT2D eigenvalue weighted by Crippen LogP contribution is 2.30. The molecule has 0 saturated heterocycles. The molecule has 0 amide bonds. The van der Waals surface area contributed by atoms with Crippen LogP contribution in [0.15, 0.2) is 29.1 Å². The number of hydrogen-bond donors (Lipinski definition) is 1. The van der Waals surface area contributed by atoms with Gasteiger partial charge in [-0.25, -0.2) is 0 Å². The van der Waals surface area contributed by atoms with E-state index in [0.29, 0.717) is 5.56 Å². The average Bonchev–Trinajstić information content (AvgIpc) is 2.98. The molecule has 1 unspecified atom stereocenters. The third-order valence-corrected chi connectivity index (χ3v) is 4.57. The fraction of sp³-hybridized carbons (Fsp3) is 0.389. The van der Waals surface area contributed by atoms with Gasteiger partial charge in [0.2, 0.25) is 0 Å². The Bertz CT molecular complexity index is 777. The Morgan fingerprint density at radius 1 is 1.23 bits per heavy atom. The van der Waals surface area contributed by atoms with Crippen molar-refractivity contribution < 1.29 is 4.74 Å². The number of hydrogen-bond acceptors (Lipinski definition) is 3. The van der Waals surface area contributed by atoms with E-state index in [-0.39, 0.29) is 5.56 Å². The predicted molar refractivity (Wildman–Crippen MR) is 87.5 cm³/mol. The van der Waals surface area contributed by atoms with Crippen LogP contribution in [0.25, 0.3) is 0 Å². The highest BCUT2D eigenvalue weighted by molar-refractivity contribution is 5.44. The van der Waals surface area contributed by atoms with Crippen molar-refractivity contribution in [2.24, 2.45) is 12.8 Å². The predicted octanol–water partition coefficient (Wildman–Crippen LogP) is 2.24. The van der Waals surface area contributed by atoms with Crippen LogP contribution >= 0.6 is 0 Å². The van der Waals surface area contributed by atoms with Gasteiger partial charge in [-0.3, -0.25) is 4.79 Å². The Morgan fingerprint density at radius 3 is 2.73 bits per heavy atom. The van der Waals surface area contributed by atoms with Gasteiger partial charge in [-0.15, -0.1) is 0 Å². The van der Waals surface area contributed by atoms with Gasteiger partial charge in [0, 0.05) is 23.9 Å². The van der Waals surface area contributed by atoms with E-state index in [4.69, 9.17) is 10.5 Å². The van der Waals surface area contributed by atoms with Crippen molar-refractivity contribution in [3.63, 3.8) is 0 Å². The molecule has 1 heterocycles. The molecule has 0 saturated carbocycles. The van der Waals surface area contributed by atoms with Crippen molar-refractivity contribution in [1.29, 1.82) is 0 Å². The highest BCUT2D eigenvalue weighted by atomic mass is 16.5. The molecule has 116 valence electrons. The van der Waals surface area contributed by atoms with Crippen molar-refractivity contribution in [2.75, 3.05) is 7.11 Å². The number of methoxy groups -OCH3 is 1. The molecule has 2 aromatic rings. The van der Waals surface area contributed by atoms with Crippen molar-refractivity contribution in [3.8, 4) is 5.75 Å². The smallest absolute Gasteiger partial charge is 0.255 e. The molecule has 0 spiro atoms. The molecule has 1 aromatic carbocycles. The van der Waals surface area contributed by atoms with Crippen LogP contribution < -0.4 is 16.0 Å². The molecule has 1 aliphatic rings. The first kappa shape index (κ1) is 14.9. The van der Waals surface area contributed by atoms with Crippen LogP contribution in [0.5, 0.6) is 5.75 Å². The van der Waals surface area contributed by atoms with E-state index in [1.807, 2.05) is 38.2 Å². The van der Waals surface area contributed by atoms with Crippen LogP contribution in [0.4, 0.5) is 0 Å². The average molecular weight is 298 g/mol. The van der Waals surface area contributed by atoms with Crippen LogP contribution in [0, 0.1) is 6.92 Å². The quantitative estimate of drug-likeness (QED) is 0.945. The van der Waals surface area contributed by atoms with E-state index in [1.165, 1.54) is 5.56 Å². The zero-order valence-electron chi connectivity index (χ0n) is 13.3. The van der Waals surface area contributed by atoms with Gasteiger partial charge in [0.1, 0.15) is 5.75 Å². The first-order valence-corrected chi connectivity index (χ1v) is 7.64. The largest absolute Gasteiger partial charge is 0.496 e. The zero-order valence-corrected chi connectivity index (χ0v) is 13.3. The standard InChI is InChI=1S/C18H22N2O2/c1-11-7-8-16(22-3)13(9-11)17(19)14-10-12-5-4-6-15(12)20(2)18(14)21/h7-10,17H,4-6,19H2,1-3H3. The third kappa shape index (κ3) is 2.33. The van der Waals surface area contributed by atoms with Gasteiger partial charge >= 0.3 is 0 Å². The fourth-order valence-electron chi connectivity index (χ4n) is 3.34. The fourth-order valence-corrected chi connectivity index (χ4v) is 3.34. The lowest BCUT2D eigenvalue weighted by Gasteiger charge is -2.18. The summed E-state index contributed by atoms with van der Waals surface area (Å²) in [7, 11) is 3.47. The number of aryl methyl sites for hydroxylation is 2. The van der Waals surface area contributed by atoms with E-state index >= 15 is 0 Å². The lowest BCUT2D eigenvalue weighted by atomic mass is 9.96. The molecular formula is C18H22N2O2. The number of nitrogens with two attached hydrogens (primary N) is 1. The molecule has 0 radical (unpaired) electrons. The summed E-state index contributed by atoms with van der Waals surface area (Å²) in [6.45, 7) is 2.01. The van der Waals surface area contributed by atoms with Crippen LogP contribution in [0.1, 0.15) is 40.4 Å². The SMILES string of the molecule is COc1ccc(C)cc1C(N)c1cc2c(n(C)c1=O)CCC2. The second-order valence-electron chi connectivity index (χ2n) is 6.01. The van der Waals surface area contributed by atoms with Gasteiger partial charge in [-0.2, -0.15) is 0 Å². The minimum atomic E-state index is -0.473. The summed E-state index contributed by atoms with van der Waals surface area (Å²) < 4.78 is 7.18. The first-order valence-electron chi connectivity index (χ1n) is 7.64. The molecule has 1 aliphatic carbocycles. The summed E-state index contributed by atoms with van der Waals surface area (Å²) in [5.41, 5.74) is 11.4. The number of rotatable bonds is 3. The van der Waals surface area contributed by atoms with E-state index in [1.54, 1.807) is 11.7 Å². The van der Waals surface area contributed by atoms with Crippen LogP contribution in [-0.2, 0) is 19.9 Å². The minimum absolute atomic E-state index is 0.00305. The second-order valence-corrected chi connectivity index (χ2v) is 6.01. The van der Waals surface area contributed by atoms with E-state index in [9.17, 15) is 4.79 Å². The minimum Gasteiger partial charge on any atom is -0.496 e. The molecule has 3 rings (SSSR count). The Hall–Kier alpha value is -2.07. The van der Waals surface area contributed by atoms with Gasteiger partial charge in [-0.05, 0) is 43.9 Å². The Kier molecular flexibility index (Phi) is 3.79. The van der Waals surface area contributed by atoms with Crippen LogP contribution in [0.2, 0.25) is 0 Å². The number of benzene rings is 1. The van der Waals surface area contributed by atoms with E-state index in [0.717, 1.165) is 41.8 Å². The Balaban J connectivity index is 2.14. The summed E-state index contributed by atoms with van der Waals surface area (Å²) in [5, 5.41) is 0. The Labute approximate surface area is 130 Å². The van der Waals surface area contributed by atoms with Crippen molar-refractivity contribution in [3.05, 3.63) is 62.6 Å². The monoisotopic (exact) mass is 298 g/mol. The normalized spacial score (nSPS) is 14.7. The molecule has 4 nitrogen and oxygen atoms in total. The molecule has 0 fully saturated rings. The maximum atomic E-state index is 12.7. The lowest BCUT2D eigenvalue weighted by molar-refractivity contribution is 0.407. The molecule has 1 atom stereocenters. The maximum absolute atomic E-state index is 12.7. The Morgan fingerprint density at radius 2 is 2.00 bits per heavy atom. The number of ether oxygens (including phenoxy) is 1. The van der Waals surface area contributed by atoms with E-state index in [2.05, 4.69) is 0 Å². The number of nitrogens with zero attached hydrogens (tertiary/aromatic N) is 1. The molecule has 1 aromatic heterocycles. The summed E-state index contributed by atoms with van der Waals surface area (Å²) in [6, 6.07) is 7.41. The lowest BCUT2D eigenvalue weighted by Crippen LogP contribution is -2.29. The molecular weight excluding hydrogens is 276 g/mol. The number of pyridine rings is 1. The topological polar surface area (TPSA) is 57.2 Å². The molecule has 4 heteroatoms. The van der Waals surface area contributed by atoms with Crippen molar-refractivity contribution in [2.45, 2.75) is 32.2 Å². The van der Waals surface area contributed by atoms with Gasteiger partial charge < -0.3 is 15.0 Å². The summed E-state index contributed by atoms with van der Waals surface area (Å²) in [4.78, 5) is 12.7. The van der Waals surface area contributed by atoms with Gasteiger partial charge in [0.05, 0.1) is 13.2 Å². The molecule has 0 aliphatic heterocycles. The third-order valence-electron chi connectivity index (χ3n) is 4.57. The van der Waals surface area contributed by atoms with Crippen molar-refractivity contribution >= 4 is 0 Å². The second kappa shape index (κ2) is 5.61. The number of aromatic nitrogens is 1. The van der Waals surface area contributed by atoms with Crippen molar-refractivity contribution in [1.82, 2.24) is 4.57 Å². The van der Waals surface area contributed by atoms with E-state index < -0.39 is 6.04 Å². The van der Waals surface area contributed by atoms with Gasteiger partial charge in [0.15, 0.2) is 0 Å². The summed E-state index contributed by atoms with van der Waals surface area (Å²) in [5.74, 6) is 0.723. The zero-order chi connectivity index (χ0) is 15.9. The highest BCUT2D eigenvalue weighted by Gasteiger charge is 2.22. The van der Waals surface area contributed by atoms with Gasteiger partial charge in [0.25, 0.3) is 5.56 Å². The van der Waals surface area contributed by atoms with Crippen LogP contribution in [0.3, 0.4) is 0 Å². The molecule has 2 N–H and O–H groups in total. The molecule has 22 heavy (non-hydrogen) atoms. The first-order chi connectivity index (χ1) is 10.5.